The molecule has 4 rings (SSSR count). The maximum absolute atomic E-state index is 13.0. The lowest BCUT2D eigenvalue weighted by Crippen LogP contribution is -2.48. The molecule has 28 heavy (non-hydrogen) atoms. The molecule has 1 amide bonds. The van der Waals surface area contributed by atoms with Gasteiger partial charge in [-0.15, -0.1) is 0 Å². The highest BCUT2D eigenvalue weighted by atomic mass is 16.2. The number of hydrogen-bond acceptors (Lipinski definition) is 5. The molecule has 148 valence electrons. The number of aromatic nitrogens is 2. The SMILES string of the molecule is O=C(c1cc(N2CCCCCC2)ncn1)N1CCN(Cc2ccccc2)CC1. The summed E-state index contributed by atoms with van der Waals surface area (Å²) in [5.41, 5.74) is 1.84. The van der Waals surface area contributed by atoms with Gasteiger partial charge in [-0.05, 0) is 18.4 Å². The quantitative estimate of drug-likeness (QED) is 0.818. The fraction of sp³-hybridized carbons (Fsp3) is 0.500. The molecule has 1 aromatic heterocycles. The summed E-state index contributed by atoms with van der Waals surface area (Å²) < 4.78 is 0. The van der Waals surface area contributed by atoms with Crippen LogP contribution in [-0.2, 0) is 6.54 Å². The Hall–Kier alpha value is -2.47. The standard InChI is InChI=1S/C22H29N5O/c28-22(20-16-21(24-18-23-20)26-10-6-1-2-7-11-26)27-14-12-25(13-15-27)17-19-8-4-3-5-9-19/h3-5,8-9,16,18H,1-2,6-7,10-15,17H2. The van der Waals surface area contributed by atoms with Gasteiger partial charge < -0.3 is 9.80 Å². The van der Waals surface area contributed by atoms with Crippen LogP contribution in [0.5, 0.6) is 0 Å². The Kier molecular flexibility index (Phi) is 6.17. The molecule has 0 saturated carbocycles. The van der Waals surface area contributed by atoms with E-state index in [1.165, 1.54) is 31.2 Å². The normalized spacial score (nSPS) is 18.7. The molecule has 0 unspecified atom stereocenters. The molecule has 0 radical (unpaired) electrons. The molecule has 2 aromatic rings. The van der Waals surface area contributed by atoms with Crippen LogP contribution in [0.1, 0.15) is 41.7 Å². The third-order valence-electron chi connectivity index (χ3n) is 5.71. The molecule has 0 N–H and O–H groups in total. The van der Waals surface area contributed by atoms with Crippen molar-refractivity contribution in [2.75, 3.05) is 44.2 Å². The summed E-state index contributed by atoms with van der Waals surface area (Å²) in [7, 11) is 0. The Labute approximate surface area is 167 Å². The second kappa shape index (κ2) is 9.15. The van der Waals surface area contributed by atoms with E-state index in [-0.39, 0.29) is 5.91 Å². The monoisotopic (exact) mass is 379 g/mol. The van der Waals surface area contributed by atoms with Crippen molar-refractivity contribution in [3.63, 3.8) is 0 Å². The number of nitrogens with zero attached hydrogens (tertiary/aromatic N) is 5. The van der Waals surface area contributed by atoms with Crippen molar-refractivity contribution in [2.24, 2.45) is 0 Å². The third-order valence-corrected chi connectivity index (χ3v) is 5.71. The molecule has 0 spiro atoms. The molecular weight excluding hydrogens is 350 g/mol. The van der Waals surface area contributed by atoms with Crippen LogP contribution >= 0.6 is 0 Å². The Morgan fingerprint density at radius 3 is 2.29 bits per heavy atom. The summed E-state index contributed by atoms with van der Waals surface area (Å²) in [6, 6.07) is 12.4. The number of benzene rings is 1. The lowest BCUT2D eigenvalue weighted by Gasteiger charge is -2.34. The van der Waals surface area contributed by atoms with Gasteiger partial charge >= 0.3 is 0 Å². The summed E-state index contributed by atoms with van der Waals surface area (Å²) in [6.07, 6.45) is 6.48. The van der Waals surface area contributed by atoms with Gasteiger partial charge in [0.05, 0.1) is 0 Å². The molecule has 2 fully saturated rings. The van der Waals surface area contributed by atoms with E-state index in [1.54, 1.807) is 6.33 Å². The van der Waals surface area contributed by atoms with Crippen molar-refractivity contribution < 1.29 is 4.79 Å². The van der Waals surface area contributed by atoms with Gasteiger partial charge in [0.25, 0.3) is 5.91 Å². The second-order valence-corrected chi connectivity index (χ2v) is 7.72. The van der Waals surface area contributed by atoms with Crippen molar-refractivity contribution >= 4 is 11.7 Å². The van der Waals surface area contributed by atoms with Gasteiger partial charge in [-0.2, -0.15) is 0 Å². The summed E-state index contributed by atoms with van der Waals surface area (Å²) >= 11 is 0. The van der Waals surface area contributed by atoms with E-state index in [0.29, 0.717) is 5.69 Å². The first-order chi connectivity index (χ1) is 13.8. The van der Waals surface area contributed by atoms with Crippen molar-refractivity contribution in [3.8, 4) is 0 Å². The molecular formula is C22H29N5O. The van der Waals surface area contributed by atoms with E-state index < -0.39 is 0 Å². The number of carbonyl (C=O) groups is 1. The average Bonchev–Trinajstić information content (AvgIpc) is 3.04. The summed E-state index contributed by atoms with van der Waals surface area (Å²) in [6.45, 7) is 6.25. The van der Waals surface area contributed by atoms with Crippen LogP contribution in [0.15, 0.2) is 42.7 Å². The zero-order valence-corrected chi connectivity index (χ0v) is 16.5. The van der Waals surface area contributed by atoms with Crippen LogP contribution in [-0.4, -0.2) is 64.9 Å². The largest absolute Gasteiger partial charge is 0.357 e. The lowest BCUT2D eigenvalue weighted by atomic mass is 10.2. The zero-order chi connectivity index (χ0) is 19.2. The van der Waals surface area contributed by atoms with E-state index in [2.05, 4.69) is 44.0 Å². The Morgan fingerprint density at radius 2 is 1.57 bits per heavy atom. The van der Waals surface area contributed by atoms with E-state index in [0.717, 1.165) is 51.6 Å². The topological polar surface area (TPSA) is 52.6 Å². The van der Waals surface area contributed by atoms with Crippen LogP contribution in [0.2, 0.25) is 0 Å². The second-order valence-electron chi connectivity index (χ2n) is 7.72. The highest BCUT2D eigenvalue weighted by Gasteiger charge is 2.24. The zero-order valence-electron chi connectivity index (χ0n) is 16.5. The summed E-state index contributed by atoms with van der Waals surface area (Å²) in [4.78, 5) is 28.3. The van der Waals surface area contributed by atoms with Crippen LogP contribution in [0, 0.1) is 0 Å². The van der Waals surface area contributed by atoms with Crippen LogP contribution < -0.4 is 4.90 Å². The number of amides is 1. The van der Waals surface area contributed by atoms with Crippen LogP contribution in [0.25, 0.3) is 0 Å². The molecule has 0 atom stereocenters. The van der Waals surface area contributed by atoms with Crippen LogP contribution in [0.3, 0.4) is 0 Å². The Balaban J connectivity index is 1.35. The number of carbonyl (C=O) groups excluding carboxylic acids is 1. The molecule has 6 heteroatoms. The minimum Gasteiger partial charge on any atom is -0.357 e. The maximum atomic E-state index is 13.0. The van der Waals surface area contributed by atoms with E-state index >= 15 is 0 Å². The fourth-order valence-electron chi connectivity index (χ4n) is 4.05. The smallest absolute Gasteiger partial charge is 0.272 e. The summed E-state index contributed by atoms with van der Waals surface area (Å²) in [5, 5.41) is 0. The predicted molar refractivity (Wildman–Crippen MR) is 110 cm³/mol. The lowest BCUT2D eigenvalue weighted by molar-refractivity contribution is 0.0622. The predicted octanol–water partition coefficient (Wildman–Crippen LogP) is 2.82. The molecule has 2 aliphatic heterocycles. The van der Waals surface area contributed by atoms with Crippen molar-refractivity contribution in [2.45, 2.75) is 32.2 Å². The Bertz CT molecular complexity index is 766. The first-order valence-electron chi connectivity index (χ1n) is 10.4. The van der Waals surface area contributed by atoms with Crippen LogP contribution in [0.4, 0.5) is 5.82 Å². The highest BCUT2D eigenvalue weighted by molar-refractivity contribution is 5.93. The van der Waals surface area contributed by atoms with Gasteiger partial charge in [0.15, 0.2) is 0 Å². The van der Waals surface area contributed by atoms with Gasteiger partial charge in [0, 0.05) is 51.9 Å². The van der Waals surface area contributed by atoms with Gasteiger partial charge in [0.1, 0.15) is 17.8 Å². The van der Waals surface area contributed by atoms with E-state index in [1.807, 2.05) is 17.0 Å². The maximum Gasteiger partial charge on any atom is 0.272 e. The first kappa shape index (κ1) is 18.9. The first-order valence-corrected chi connectivity index (χ1v) is 10.4. The van der Waals surface area contributed by atoms with Crippen molar-refractivity contribution in [1.29, 1.82) is 0 Å². The van der Waals surface area contributed by atoms with Gasteiger partial charge in [-0.25, -0.2) is 9.97 Å². The average molecular weight is 380 g/mol. The molecule has 0 aliphatic carbocycles. The highest BCUT2D eigenvalue weighted by Crippen LogP contribution is 2.18. The molecule has 3 heterocycles. The molecule has 1 aromatic carbocycles. The number of anilines is 1. The van der Waals surface area contributed by atoms with E-state index in [9.17, 15) is 4.79 Å². The fourth-order valence-corrected chi connectivity index (χ4v) is 4.05. The third kappa shape index (κ3) is 4.68. The molecule has 2 aliphatic rings. The number of piperazine rings is 1. The van der Waals surface area contributed by atoms with Crippen molar-refractivity contribution in [3.05, 3.63) is 54.0 Å². The minimum atomic E-state index is 0.0258. The minimum absolute atomic E-state index is 0.0258. The molecule has 0 bridgehead atoms. The number of rotatable bonds is 4. The molecule has 6 nitrogen and oxygen atoms in total. The van der Waals surface area contributed by atoms with Crippen molar-refractivity contribution in [1.82, 2.24) is 19.8 Å². The van der Waals surface area contributed by atoms with Gasteiger partial charge in [-0.1, -0.05) is 43.2 Å². The van der Waals surface area contributed by atoms with Gasteiger partial charge in [0.2, 0.25) is 0 Å². The number of hydrogen-bond donors (Lipinski definition) is 0. The molecule has 2 saturated heterocycles. The van der Waals surface area contributed by atoms with Gasteiger partial charge in [-0.3, -0.25) is 9.69 Å². The summed E-state index contributed by atoms with van der Waals surface area (Å²) in [5.74, 6) is 0.917. The Morgan fingerprint density at radius 1 is 0.857 bits per heavy atom. The van der Waals surface area contributed by atoms with E-state index in [4.69, 9.17) is 0 Å².